The summed E-state index contributed by atoms with van der Waals surface area (Å²) in [6.07, 6.45) is 0. The molecule has 0 radical (unpaired) electrons. The first-order valence-corrected chi connectivity index (χ1v) is 5.64. The molecular weight excluding hydrogens is 424 g/mol. The lowest BCUT2D eigenvalue weighted by Gasteiger charge is -2.06. The smallest absolute Gasteiger partial charge is 0.195 e. The highest BCUT2D eigenvalue weighted by atomic mass is 79.9. The molecule has 1 rings (SSSR count). The average Bonchev–Trinajstić information content (AvgIpc) is 2.09. The summed E-state index contributed by atoms with van der Waals surface area (Å²) in [4.78, 5) is 0. The maximum Gasteiger partial charge on any atom is 0.195 e. The molecule has 0 saturated heterocycles. The van der Waals surface area contributed by atoms with Crippen LogP contribution in [0.1, 0.15) is 0 Å². The molecule has 0 bridgehead atoms. The third kappa shape index (κ3) is 2.16. The SMILES string of the molecule is BrOc1ccc(Br)c(Br)c1OBr. The lowest BCUT2D eigenvalue weighted by Crippen LogP contribution is -1.83. The largest absolute Gasteiger partial charge is 0.414 e. The summed E-state index contributed by atoms with van der Waals surface area (Å²) in [5.41, 5.74) is 0. The molecule has 0 aliphatic carbocycles. The van der Waals surface area contributed by atoms with Crippen molar-refractivity contribution >= 4 is 64.4 Å². The van der Waals surface area contributed by atoms with E-state index in [1.807, 2.05) is 6.07 Å². The van der Waals surface area contributed by atoms with Crippen LogP contribution < -0.4 is 7.66 Å². The second-order valence-corrected chi connectivity index (χ2v) is 4.14. The normalized spacial score (nSPS) is 9.67. The Labute approximate surface area is 104 Å². The zero-order valence-electron chi connectivity index (χ0n) is 5.48. The molecule has 0 amide bonds. The topological polar surface area (TPSA) is 18.5 Å². The Kier molecular flexibility index (Phi) is 4.36. The molecule has 0 aliphatic rings. The van der Waals surface area contributed by atoms with E-state index < -0.39 is 0 Å². The van der Waals surface area contributed by atoms with E-state index in [1.54, 1.807) is 6.07 Å². The molecule has 1 aromatic rings. The highest BCUT2D eigenvalue weighted by Gasteiger charge is 2.11. The maximum atomic E-state index is 4.93. The zero-order valence-corrected chi connectivity index (χ0v) is 11.8. The van der Waals surface area contributed by atoms with Crippen LogP contribution in [0.15, 0.2) is 21.1 Å². The Balaban J connectivity index is 3.25. The summed E-state index contributed by atoms with van der Waals surface area (Å²) in [7, 11) is 0. The van der Waals surface area contributed by atoms with Crippen LogP contribution in [0.25, 0.3) is 0 Å². The van der Waals surface area contributed by atoms with E-state index in [1.165, 1.54) is 0 Å². The Morgan fingerprint density at radius 3 is 2.17 bits per heavy atom. The van der Waals surface area contributed by atoms with Crippen LogP contribution in [0.5, 0.6) is 11.5 Å². The predicted octanol–water partition coefficient (Wildman–Crippen LogP) is 4.59. The van der Waals surface area contributed by atoms with Gasteiger partial charge in [0.25, 0.3) is 0 Å². The van der Waals surface area contributed by atoms with Crippen LogP contribution in [0, 0.1) is 0 Å². The first-order chi connectivity index (χ1) is 5.70. The number of rotatable bonds is 2. The van der Waals surface area contributed by atoms with Crippen molar-refractivity contribution in [1.29, 1.82) is 0 Å². The van der Waals surface area contributed by atoms with Crippen LogP contribution in [-0.4, -0.2) is 0 Å². The Hall–Kier alpha value is 0.740. The Morgan fingerprint density at radius 2 is 1.67 bits per heavy atom. The third-order valence-electron chi connectivity index (χ3n) is 1.17. The van der Waals surface area contributed by atoms with Crippen LogP contribution in [-0.2, 0) is 0 Å². The Morgan fingerprint density at radius 1 is 1.00 bits per heavy atom. The monoisotopic (exact) mass is 422 g/mol. The van der Waals surface area contributed by atoms with E-state index in [0.717, 1.165) is 8.95 Å². The van der Waals surface area contributed by atoms with Crippen molar-refractivity contribution in [1.82, 2.24) is 0 Å². The molecule has 0 unspecified atom stereocenters. The number of hydrogen-bond donors (Lipinski definition) is 0. The standard InChI is InChI=1S/C6H2Br4O2/c7-3-1-2-4(11-9)6(12-10)5(3)8/h1-2H. The predicted molar refractivity (Wildman–Crippen MR) is 61.0 cm³/mol. The van der Waals surface area contributed by atoms with Crippen molar-refractivity contribution in [3.05, 3.63) is 21.1 Å². The van der Waals surface area contributed by atoms with Gasteiger partial charge in [-0.15, -0.1) is 0 Å². The summed E-state index contributed by atoms with van der Waals surface area (Å²) in [6, 6.07) is 3.61. The summed E-state index contributed by atoms with van der Waals surface area (Å²) >= 11 is 12.4. The summed E-state index contributed by atoms with van der Waals surface area (Å²) in [5.74, 6) is 1.16. The minimum atomic E-state index is 0.571. The Bertz CT molecular complexity index is 289. The molecule has 66 valence electrons. The van der Waals surface area contributed by atoms with Crippen LogP contribution in [0.2, 0.25) is 0 Å². The van der Waals surface area contributed by atoms with Gasteiger partial charge in [-0.05, 0) is 44.0 Å². The lowest BCUT2D eigenvalue weighted by atomic mass is 10.3. The highest BCUT2D eigenvalue weighted by molar-refractivity contribution is 9.13. The number of hydrogen-bond acceptors (Lipinski definition) is 2. The molecule has 0 saturated carbocycles. The fourth-order valence-electron chi connectivity index (χ4n) is 0.647. The molecule has 1 aromatic carbocycles. The average molecular weight is 426 g/mol. The first-order valence-electron chi connectivity index (χ1n) is 2.76. The van der Waals surface area contributed by atoms with Gasteiger partial charge in [0.2, 0.25) is 0 Å². The van der Waals surface area contributed by atoms with E-state index in [-0.39, 0.29) is 0 Å². The minimum absolute atomic E-state index is 0.571. The van der Waals surface area contributed by atoms with Gasteiger partial charge in [-0.25, -0.2) is 0 Å². The lowest BCUT2D eigenvalue weighted by molar-refractivity contribution is 0.595. The molecule has 0 aromatic heterocycles. The summed E-state index contributed by atoms with van der Waals surface area (Å²) in [5, 5.41) is 0. The highest BCUT2D eigenvalue weighted by Crippen LogP contribution is 2.41. The first kappa shape index (κ1) is 10.8. The van der Waals surface area contributed by atoms with E-state index in [2.05, 4.69) is 64.4 Å². The maximum absolute atomic E-state index is 4.93. The quantitative estimate of drug-likeness (QED) is 0.690. The second kappa shape index (κ2) is 4.83. The third-order valence-corrected chi connectivity index (χ3v) is 3.83. The van der Waals surface area contributed by atoms with Gasteiger partial charge < -0.3 is 7.66 Å². The molecule has 12 heavy (non-hydrogen) atoms. The second-order valence-electron chi connectivity index (χ2n) is 1.84. The van der Waals surface area contributed by atoms with Gasteiger partial charge in [-0.3, -0.25) is 0 Å². The van der Waals surface area contributed by atoms with E-state index >= 15 is 0 Å². The molecule has 0 fully saturated rings. The molecule has 0 spiro atoms. The van der Waals surface area contributed by atoms with Crippen molar-refractivity contribution < 1.29 is 7.66 Å². The minimum Gasteiger partial charge on any atom is -0.414 e. The summed E-state index contributed by atoms with van der Waals surface area (Å²) in [6.45, 7) is 0. The van der Waals surface area contributed by atoms with Gasteiger partial charge >= 0.3 is 0 Å². The van der Waals surface area contributed by atoms with Gasteiger partial charge in [-0.2, -0.15) is 0 Å². The van der Waals surface area contributed by atoms with E-state index in [9.17, 15) is 0 Å². The molecule has 0 atom stereocenters. The number of halogens is 4. The van der Waals surface area contributed by atoms with Gasteiger partial charge in [0.15, 0.2) is 44.0 Å². The molecule has 6 heteroatoms. The number of benzene rings is 1. The van der Waals surface area contributed by atoms with Gasteiger partial charge in [0, 0.05) is 4.47 Å². The van der Waals surface area contributed by atoms with Gasteiger partial charge in [-0.1, -0.05) is 0 Å². The van der Waals surface area contributed by atoms with E-state index in [4.69, 9.17) is 7.66 Å². The van der Waals surface area contributed by atoms with Crippen molar-refractivity contribution in [2.45, 2.75) is 0 Å². The van der Waals surface area contributed by atoms with Crippen molar-refractivity contribution in [3.63, 3.8) is 0 Å². The van der Waals surface area contributed by atoms with Crippen molar-refractivity contribution in [3.8, 4) is 11.5 Å². The fourth-order valence-corrected chi connectivity index (χ4v) is 2.16. The molecule has 0 heterocycles. The molecule has 2 nitrogen and oxygen atoms in total. The van der Waals surface area contributed by atoms with Crippen molar-refractivity contribution in [2.75, 3.05) is 0 Å². The zero-order chi connectivity index (χ0) is 9.14. The summed E-state index contributed by atoms with van der Waals surface area (Å²) < 4.78 is 11.5. The van der Waals surface area contributed by atoms with Crippen LogP contribution >= 0.6 is 64.4 Å². The molecule has 0 N–H and O–H groups in total. The van der Waals surface area contributed by atoms with Crippen LogP contribution in [0.4, 0.5) is 0 Å². The van der Waals surface area contributed by atoms with Crippen molar-refractivity contribution in [2.24, 2.45) is 0 Å². The van der Waals surface area contributed by atoms with E-state index in [0.29, 0.717) is 11.5 Å². The fraction of sp³-hybridized carbons (Fsp3) is 0. The van der Waals surface area contributed by atoms with Crippen LogP contribution in [0.3, 0.4) is 0 Å². The molecular formula is C6H2Br4O2. The van der Waals surface area contributed by atoms with Gasteiger partial charge in [0.1, 0.15) is 0 Å². The van der Waals surface area contributed by atoms with Gasteiger partial charge in [0.05, 0.1) is 4.47 Å². The molecule has 0 aliphatic heterocycles.